The summed E-state index contributed by atoms with van der Waals surface area (Å²) in [6, 6.07) is 19.7. The molecule has 0 amide bonds. The van der Waals surface area contributed by atoms with Gasteiger partial charge in [-0.3, -0.25) is 0 Å². The maximum absolute atomic E-state index is 9.51. The van der Waals surface area contributed by atoms with Crippen molar-refractivity contribution in [1.82, 2.24) is 4.98 Å². The number of nitriles is 1. The summed E-state index contributed by atoms with van der Waals surface area (Å²) >= 11 is 0. The lowest BCUT2D eigenvalue weighted by Crippen LogP contribution is -2.45. The number of rotatable bonds is 5. The van der Waals surface area contributed by atoms with Gasteiger partial charge in [-0.2, -0.15) is 10.2 Å². The number of aromatic nitrogens is 1. The maximum Gasteiger partial charge on any atom is 0.235 e. The number of anilines is 1. The number of oxazole rings is 1. The number of ether oxygens (including phenoxy) is 2. The fourth-order valence-electron chi connectivity index (χ4n) is 3.50. The molecule has 2 unspecified atom stereocenters. The molecule has 1 aliphatic heterocycles. The van der Waals surface area contributed by atoms with Crippen molar-refractivity contribution in [2.45, 2.75) is 32.7 Å². The van der Waals surface area contributed by atoms with Crippen molar-refractivity contribution in [2.75, 3.05) is 18.0 Å². The summed E-state index contributed by atoms with van der Waals surface area (Å²) in [5, 5.41) is 9.51. The minimum absolute atomic E-state index is 0.0693. The average Bonchev–Trinajstić information content (AvgIpc) is 3.17. The summed E-state index contributed by atoms with van der Waals surface area (Å²) in [7, 11) is 0. The fraction of sp³-hybridized carbons (Fsp3) is 0.304. The second-order valence-electron chi connectivity index (χ2n) is 7.25. The predicted octanol–water partition coefficient (Wildman–Crippen LogP) is 4.41. The van der Waals surface area contributed by atoms with Crippen LogP contribution in [0.25, 0.3) is 11.5 Å². The molecule has 1 aromatic heterocycles. The molecule has 6 nitrogen and oxygen atoms in total. The minimum atomic E-state index is 0.0693. The highest BCUT2D eigenvalue weighted by Gasteiger charge is 2.28. The Kier molecular flexibility index (Phi) is 5.50. The second-order valence-corrected chi connectivity index (χ2v) is 7.25. The van der Waals surface area contributed by atoms with Gasteiger partial charge in [0.05, 0.1) is 12.2 Å². The van der Waals surface area contributed by atoms with Gasteiger partial charge in [0.2, 0.25) is 17.5 Å². The van der Waals surface area contributed by atoms with Crippen molar-refractivity contribution >= 4 is 5.88 Å². The standard InChI is InChI=1S/C23H23N3O3/c1-16-13-26(14-17(2)28-16)23-21(12-24)25-22(29-23)19-8-10-20(11-9-19)27-15-18-6-4-3-5-7-18/h3-11,16-17H,13-15H2,1-2H3. The van der Waals surface area contributed by atoms with E-state index < -0.39 is 0 Å². The Bertz CT molecular complexity index is 982. The molecule has 2 heterocycles. The summed E-state index contributed by atoms with van der Waals surface area (Å²) in [5.74, 6) is 1.70. The smallest absolute Gasteiger partial charge is 0.235 e. The molecule has 6 heteroatoms. The average molecular weight is 389 g/mol. The summed E-state index contributed by atoms with van der Waals surface area (Å²) in [6.07, 6.45) is 0.139. The SMILES string of the molecule is CC1CN(c2oc(-c3ccc(OCc4ccccc4)cc3)nc2C#N)CC(C)O1. The lowest BCUT2D eigenvalue weighted by molar-refractivity contribution is -0.00638. The van der Waals surface area contributed by atoms with Crippen LogP contribution in [0.2, 0.25) is 0 Å². The van der Waals surface area contributed by atoms with Gasteiger partial charge in [-0.25, -0.2) is 0 Å². The summed E-state index contributed by atoms with van der Waals surface area (Å²) in [5.41, 5.74) is 2.21. The van der Waals surface area contributed by atoms with E-state index in [4.69, 9.17) is 13.9 Å². The van der Waals surface area contributed by atoms with Gasteiger partial charge < -0.3 is 18.8 Å². The van der Waals surface area contributed by atoms with E-state index in [0.29, 0.717) is 37.2 Å². The second kappa shape index (κ2) is 8.38. The van der Waals surface area contributed by atoms with Gasteiger partial charge in [0.25, 0.3) is 0 Å². The van der Waals surface area contributed by atoms with Crippen molar-refractivity contribution in [3.05, 3.63) is 65.9 Å². The van der Waals surface area contributed by atoms with Crippen LogP contribution < -0.4 is 9.64 Å². The molecule has 0 radical (unpaired) electrons. The number of morpholine rings is 1. The first-order chi connectivity index (χ1) is 14.1. The molecule has 0 bridgehead atoms. The van der Waals surface area contributed by atoms with Crippen LogP contribution in [0.4, 0.5) is 5.88 Å². The quantitative estimate of drug-likeness (QED) is 0.644. The van der Waals surface area contributed by atoms with Crippen LogP contribution in [0.5, 0.6) is 5.75 Å². The van der Waals surface area contributed by atoms with Crippen molar-refractivity contribution < 1.29 is 13.9 Å². The first kappa shape index (κ1) is 19.0. The lowest BCUT2D eigenvalue weighted by Gasteiger charge is -2.34. The van der Waals surface area contributed by atoms with E-state index in [9.17, 15) is 5.26 Å². The molecule has 0 spiro atoms. The van der Waals surface area contributed by atoms with Gasteiger partial charge in [0, 0.05) is 18.7 Å². The van der Waals surface area contributed by atoms with Crippen molar-refractivity contribution in [2.24, 2.45) is 0 Å². The van der Waals surface area contributed by atoms with Crippen LogP contribution in [0, 0.1) is 11.3 Å². The van der Waals surface area contributed by atoms with E-state index in [2.05, 4.69) is 11.1 Å². The first-order valence-corrected chi connectivity index (χ1v) is 9.71. The van der Waals surface area contributed by atoms with E-state index >= 15 is 0 Å². The van der Waals surface area contributed by atoms with E-state index in [1.807, 2.05) is 73.3 Å². The lowest BCUT2D eigenvalue weighted by atomic mass is 10.2. The van der Waals surface area contributed by atoms with Crippen LogP contribution in [-0.2, 0) is 11.3 Å². The zero-order chi connectivity index (χ0) is 20.2. The normalized spacial score (nSPS) is 19.0. The molecule has 3 aromatic rings. The third-order valence-corrected chi connectivity index (χ3v) is 4.77. The van der Waals surface area contributed by atoms with Gasteiger partial charge in [0.15, 0.2) is 0 Å². The van der Waals surface area contributed by atoms with E-state index in [-0.39, 0.29) is 12.2 Å². The summed E-state index contributed by atoms with van der Waals surface area (Å²) < 4.78 is 17.6. The summed E-state index contributed by atoms with van der Waals surface area (Å²) in [6.45, 7) is 5.87. The Morgan fingerprint density at radius 1 is 1.07 bits per heavy atom. The van der Waals surface area contributed by atoms with Gasteiger partial charge in [-0.05, 0) is 43.7 Å². The molecule has 29 heavy (non-hydrogen) atoms. The molecule has 2 atom stereocenters. The van der Waals surface area contributed by atoms with Crippen LogP contribution in [0.1, 0.15) is 25.1 Å². The summed E-state index contributed by atoms with van der Waals surface area (Å²) in [4.78, 5) is 6.43. The molecular formula is C23H23N3O3. The topological polar surface area (TPSA) is 71.5 Å². The molecule has 148 valence electrons. The van der Waals surface area contributed by atoms with Crippen LogP contribution in [0.15, 0.2) is 59.0 Å². The first-order valence-electron chi connectivity index (χ1n) is 9.71. The highest BCUT2D eigenvalue weighted by Crippen LogP contribution is 2.31. The van der Waals surface area contributed by atoms with Crippen LogP contribution in [0.3, 0.4) is 0 Å². The van der Waals surface area contributed by atoms with E-state index in [1.54, 1.807) is 0 Å². The zero-order valence-corrected chi connectivity index (χ0v) is 16.5. The molecule has 2 aromatic carbocycles. The Balaban J connectivity index is 1.50. The Morgan fingerprint density at radius 3 is 2.41 bits per heavy atom. The fourth-order valence-corrected chi connectivity index (χ4v) is 3.50. The number of nitrogens with zero attached hydrogens (tertiary/aromatic N) is 3. The van der Waals surface area contributed by atoms with E-state index in [1.165, 1.54) is 0 Å². The highest BCUT2D eigenvalue weighted by molar-refractivity contribution is 5.60. The number of hydrogen-bond acceptors (Lipinski definition) is 6. The molecule has 0 aliphatic carbocycles. The third kappa shape index (κ3) is 4.41. The predicted molar refractivity (Wildman–Crippen MR) is 110 cm³/mol. The molecule has 0 N–H and O–H groups in total. The van der Waals surface area contributed by atoms with Crippen LogP contribution >= 0.6 is 0 Å². The van der Waals surface area contributed by atoms with Crippen molar-refractivity contribution in [1.29, 1.82) is 5.26 Å². The largest absolute Gasteiger partial charge is 0.489 e. The molecule has 1 fully saturated rings. The monoisotopic (exact) mass is 389 g/mol. The molecule has 4 rings (SSSR count). The van der Waals surface area contributed by atoms with Crippen molar-refractivity contribution in [3.63, 3.8) is 0 Å². The van der Waals surface area contributed by atoms with Gasteiger partial charge in [-0.1, -0.05) is 30.3 Å². The zero-order valence-electron chi connectivity index (χ0n) is 16.5. The molecule has 1 saturated heterocycles. The Morgan fingerprint density at radius 2 is 1.76 bits per heavy atom. The number of benzene rings is 2. The van der Waals surface area contributed by atoms with Crippen molar-refractivity contribution in [3.8, 4) is 23.3 Å². The van der Waals surface area contributed by atoms with E-state index in [0.717, 1.165) is 16.9 Å². The number of hydrogen-bond donors (Lipinski definition) is 0. The van der Waals surface area contributed by atoms with Gasteiger partial charge >= 0.3 is 0 Å². The van der Waals surface area contributed by atoms with Gasteiger partial charge in [-0.15, -0.1) is 0 Å². The molecule has 0 saturated carbocycles. The Hall–Kier alpha value is -3.30. The highest BCUT2D eigenvalue weighted by atomic mass is 16.5. The minimum Gasteiger partial charge on any atom is -0.489 e. The molecule has 1 aliphatic rings. The van der Waals surface area contributed by atoms with Gasteiger partial charge in [0.1, 0.15) is 18.4 Å². The molecular weight excluding hydrogens is 366 g/mol. The van der Waals surface area contributed by atoms with Crippen LogP contribution in [-0.4, -0.2) is 30.3 Å². The Labute approximate surface area is 170 Å². The maximum atomic E-state index is 9.51. The third-order valence-electron chi connectivity index (χ3n) is 4.77.